The summed E-state index contributed by atoms with van der Waals surface area (Å²) in [7, 11) is 0. The second-order valence-corrected chi connectivity index (χ2v) is 8.74. The van der Waals surface area contributed by atoms with E-state index in [1.54, 1.807) is 54.2 Å². The fourth-order valence-corrected chi connectivity index (χ4v) is 3.67. The first kappa shape index (κ1) is 25.8. The number of hydrogen-bond donors (Lipinski definition) is 3. The molecule has 3 aromatic carbocycles. The molecule has 0 saturated carbocycles. The van der Waals surface area contributed by atoms with Gasteiger partial charge in [0.2, 0.25) is 5.91 Å². The molecule has 0 aliphatic heterocycles. The molecule has 0 spiro atoms. The van der Waals surface area contributed by atoms with Crippen LogP contribution in [-0.2, 0) is 19.1 Å². The molecule has 3 N–H and O–H groups in total. The standard InChI is InChI=1S/C25H22ClN3O5S/c26-18-6-10-20(11-7-18)35-21-12-8-19(9-13-21)27-22(30)14-15-24(32)34-16-23(31)28-29-25(33)17-4-2-1-3-5-17/h1-13H,14-16H2,(H,27,30)(H,28,31)(H,29,33). The Morgan fingerprint density at radius 1 is 0.743 bits per heavy atom. The van der Waals surface area contributed by atoms with Crippen molar-refractivity contribution in [3.63, 3.8) is 0 Å². The molecule has 3 aromatic rings. The quantitative estimate of drug-likeness (QED) is 0.293. The van der Waals surface area contributed by atoms with Crippen molar-refractivity contribution in [1.29, 1.82) is 0 Å². The zero-order valence-electron chi connectivity index (χ0n) is 18.5. The van der Waals surface area contributed by atoms with Gasteiger partial charge < -0.3 is 10.1 Å². The summed E-state index contributed by atoms with van der Waals surface area (Å²) >= 11 is 7.45. The Hall–Kier alpha value is -3.82. The van der Waals surface area contributed by atoms with Gasteiger partial charge >= 0.3 is 5.97 Å². The van der Waals surface area contributed by atoms with Crippen LogP contribution in [0.3, 0.4) is 0 Å². The Bertz CT molecular complexity index is 1170. The zero-order valence-corrected chi connectivity index (χ0v) is 20.0. The molecule has 0 unspecified atom stereocenters. The molecule has 3 rings (SSSR count). The van der Waals surface area contributed by atoms with Crippen molar-refractivity contribution < 1.29 is 23.9 Å². The van der Waals surface area contributed by atoms with E-state index in [9.17, 15) is 19.2 Å². The number of esters is 1. The summed E-state index contributed by atoms with van der Waals surface area (Å²) < 4.78 is 4.83. The van der Waals surface area contributed by atoms with E-state index in [0.29, 0.717) is 16.3 Å². The summed E-state index contributed by atoms with van der Waals surface area (Å²) in [6.45, 7) is -0.581. The van der Waals surface area contributed by atoms with Crippen LogP contribution in [0.25, 0.3) is 0 Å². The number of nitrogens with one attached hydrogen (secondary N) is 3. The van der Waals surface area contributed by atoms with Gasteiger partial charge in [-0.2, -0.15) is 0 Å². The summed E-state index contributed by atoms with van der Waals surface area (Å²) in [4.78, 5) is 49.5. The van der Waals surface area contributed by atoms with Crippen molar-refractivity contribution in [2.75, 3.05) is 11.9 Å². The van der Waals surface area contributed by atoms with E-state index in [0.717, 1.165) is 9.79 Å². The number of benzene rings is 3. The van der Waals surface area contributed by atoms with Crippen molar-refractivity contribution in [1.82, 2.24) is 10.9 Å². The number of amides is 3. The summed E-state index contributed by atoms with van der Waals surface area (Å²) in [5, 5.41) is 3.38. The van der Waals surface area contributed by atoms with E-state index in [1.807, 2.05) is 36.4 Å². The second-order valence-electron chi connectivity index (χ2n) is 7.16. The summed E-state index contributed by atoms with van der Waals surface area (Å²) in [6, 6.07) is 23.1. The molecule has 0 atom stereocenters. The maximum absolute atomic E-state index is 12.1. The van der Waals surface area contributed by atoms with E-state index in [4.69, 9.17) is 16.3 Å². The van der Waals surface area contributed by atoms with Crippen LogP contribution in [0.4, 0.5) is 5.69 Å². The van der Waals surface area contributed by atoms with Crippen molar-refractivity contribution in [3.05, 3.63) is 89.4 Å². The van der Waals surface area contributed by atoms with Crippen LogP contribution in [0, 0.1) is 0 Å². The Morgan fingerprint density at radius 2 is 1.37 bits per heavy atom. The molecule has 0 aliphatic rings. The minimum atomic E-state index is -0.709. The summed E-state index contributed by atoms with van der Waals surface area (Å²) in [6.07, 6.45) is -0.299. The molecule has 0 saturated heterocycles. The Labute approximate surface area is 211 Å². The van der Waals surface area contributed by atoms with Gasteiger partial charge in [0.15, 0.2) is 6.61 Å². The number of hydrazine groups is 1. The Kier molecular flexibility index (Phi) is 9.70. The van der Waals surface area contributed by atoms with Crippen molar-refractivity contribution in [2.24, 2.45) is 0 Å². The third kappa shape index (κ3) is 9.15. The topological polar surface area (TPSA) is 114 Å². The molecule has 0 aliphatic carbocycles. The van der Waals surface area contributed by atoms with Gasteiger partial charge in [-0.3, -0.25) is 30.0 Å². The van der Waals surface area contributed by atoms with Gasteiger partial charge in [-0.25, -0.2) is 0 Å². The molecule has 0 aromatic heterocycles. The maximum Gasteiger partial charge on any atom is 0.306 e. The van der Waals surface area contributed by atoms with Gasteiger partial charge in [0.25, 0.3) is 11.8 Å². The van der Waals surface area contributed by atoms with E-state index in [-0.39, 0.29) is 18.7 Å². The lowest BCUT2D eigenvalue weighted by molar-refractivity contribution is -0.149. The number of rotatable bonds is 9. The number of anilines is 1. The van der Waals surface area contributed by atoms with Crippen LogP contribution >= 0.6 is 23.4 Å². The minimum absolute atomic E-state index is 0.105. The molecule has 0 bridgehead atoms. The predicted octanol–water partition coefficient (Wildman–Crippen LogP) is 4.21. The van der Waals surface area contributed by atoms with Gasteiger partial charge in [-0.05, 0) is 60.7 Å². The number of carbonyl (C=O) groups is 4. The van der Waals surface area contributed by atoms with Crippen molar-refractivity contribution in [3.8, 4) is 0 Å². The second kappa shape index (κ2) is 13.2. The largest absolute Gasteiger partial charge is 0.455 e. The smallest absolute Gasteiger partial charge is 0.306 e. The van der Waals surface area contributed by atoms with Crippen molar-refractivity contribution >= 4 is 52.7 Å². The highest BCUT2D eigenvalue weighted by atomic mass is 35.5. The number of carbonyl (C=O) groups excluding carboxylic acids is 4. The van der Waals surface area contributed by atoms with Crippen molar-refractivity contribution in [2.45, 2.75) is 22.6 Å². The first-order valence-electron chi connectivity index (χ1n) is 10.5. The normalized spacial score (nSPS) is 10.2. The average Bonchev–Trinajstić information content (AvgIpc) is 2.87. The number of ether oxygens (including phenoxy) is 1. The van der Waals surface area contributed by atoms with Crippen LogP contribution in [0.15, 0.2) is 88.7 Å². The lowest BCUT2D eigenvalue weighted by Crippen LogP contribution is -2.43. The molecule has 35 heavy (non-hydrogen) atoms. The molecular formula is C25H22ClN3O5S. The fraction of sp³-hybridized carbons (Fsp3) is 0.120. The van der Waals surface area contributed by atoms with E-state index >= 15 is 0 Å². The fourth-order valence-electron chi connectivity index (χ4n) is 2.73. The SMILES string of the molecule is O=C(COC(=O)CCC(=O)Nc1ccc(Sc2ccc(Cl)cc2)cc1)NNC(=O)c1ccccc1. The molecule has 0 radical (unpaired) electrons. The summed E-state index contributed by atoms with van der Waals surface area (Å²) in [5.41, 5.74) is 5.33. The first-order valence-corrected chi connectivity index (χ1v) is 11.7. The molecular weight excluding hydrogens is 490 g/mol. The molecule has 8 nitrogen and oxygen atoms in total. The van der Waals surface area contributed by atoms with E-state index < -0.39 is 24.4 Å². The van der Waals surface area contributed by atoms with Crippen LogP contribution in [0.1, 0.15) is 23.2 Å². The highest BCUT2D eigenvalue weighted by Gasteiger charge is 2.12. The van der Waals surface area contributed by atoms with Crippen LogP contribution in [-0.4, -0.2) is 30.3 Å². The lowest BCUT2D eigenvalue weighted by Gasteiger charge is -2.09. The van der Waals surface area contributed by atoms with Gasteiger partial charge in [-0.1, -0.05) is 41.6 Å². The average molecular weight is 512 g/mol. The molecule has 3 amide bonds. The monoisotopic (exact) mass is 511 g/mol. The number of halogens is 1. The molecule has 0 heterocycles. The predicted molar refractivity (Wildman–Crippen MR) is 133 cm³/mol. The van der Waals surface area contributed by atoms with Crippen LogP contribution in [0.2, 0.25) is 5.02 Å². The molecule has 180 valence electrons. The zero-order chi connectivity index (χ0) is 25.0. The van der Waals surface area contributed by atoms with Crippen LogP contribution < -0.4 is 16.2 Å². The third-order valence-corrected chi connectivity index (χ3v) is 5.73. The highest BCUT2D eigenvalue weighted by molar-refractivity contribution is 7.99. The van der Waals surface area contributed by atoms with Gasteiger partial charge in [-0.15, -0.1) is 0 Å². The Balaban J connectivity index is 1.32. The third-order valence-electron chi connectivity index (χ3n) is 4.46. The van der Waals surface area contributed by atoms with E-state index in [1.165, 1.54) is 0 Å². The maximum atomic E-state index is 12.1. The number of hydrogen-bond acceptors (Lipinski definition) is 6. The molecule has 10 heteroatoms. The van der Waals surface area contributed by atoms with Crippen LogP contribution in [0.5, 0.6) is 0 Å². The lowest BCUT2D eigenvalue weighted by atomic mass is 10.2. The van der Waals surface area contributed by atoms with E-state index in [2.05, 4.69) is 16.2 Å². The summed E-state index contributed by atoms with van der Waals surface area (Å²) in [5.74, 6) is -2.28. The highest BCUT2D eigenvalue weighted by Crippen LogP contribution is 2.29. The van der Waals surface area contributed by atoms with Gasteiger partial charge in [0.05, 0.1) is 6.42 Å². The molecule has 0 fully saturated rings. The van der Waals surface area contributed by atoms with Gasteiger partial charge in [0, 0.05) is 32.5 Å². The Morgan fingerprint density at radius 3 is 2.03 bits per heavy atom. The first-order chi connectivity index (χ1) is 16.9. The minimum Gasteiger partial charge on any atom is -0.455 e. The van der Waals surface area contributed by atoms with Gasteiger partial charge in [0.1, 0.15) is 0 Å².